The van der Waals surface area contributed by atoms with Crippen molar-refractivity contribution < 1.29 is 18.8 Å². The first-order chi connectivity index (χ1) is 10.5. The summed E-state index contributed by atoms with van der Waals surface area (Å²) in [5.74, 6) is 0. The van der Waals surface area contributed by atoms with Gasteiger partial charge in [-0.15, -0.1) is 0 Å². The van der Waals surface area contributed by atoms with Crippen molar-refractivity contribution in [3.63, 3.8) is 0 Å². The van der Waals surface area contributed by atoms with Crippen LogP contribution in [0.15, 0.2) is 0 Å². The van der Waals surface area contributed by atoms with Crippen LogP contribution in [0.4, 0.5) is 0 Å². The van der Waals surface area contributed by atoms with E-state index in [-0.39, 0.29) is 0 Å². The van der Waals surface area contributed by atoms with Gasteiger partial charge in [-0.2, -0.15) is 0 Å². The number of hydrogen-bond donors (Lipinski definition) is 0. The monoisotopic (exact) mass is 572 g/mol. The van der Waals surface area contributed by atoms with Crippen molar-refractivity contribution in [2.45, 2.75) is 55.4 Å². The second-order valence-electron chi connectivity index (χ2n) is 5.62. The quantitative estimate of drug-likeness (QED) is 0.295. The first-order valence-corrected chi connectivity index (χ1v) is 24.6. The van der Waals surface area contributed by atoms with E-state index in [2.05, 4.69) is 95.7 Å². The van der Waals surface area contributed by atoms with Crippen LogP contribution in [0.2, 0.25) is 0 Å². The van der Waals surface area contributed by atoms with E-state index < -0.39 is 9.86 Å². The summed E-state index contributed by atoms with van der Waals surface area (Å²) in [7, 11) is 15.1. The van der Waals surface area contributed by atoms with Crippen LogP contribution < -0.4 is 0 Å². The van der Waals surface area contributed by atoms with Gasteiger partial charge >= 0.3 is 50.2 Å². The van der Waals surface area contributed by atoms with E-state index in [9.17, 15) is 0 Å². The molecule has 0 radical (unpaired) electrons. The molecule has 0 heterocycles. The molecule has 7 heteroatoms. The third kappa shape index (κ3) is 16.9. The Morgan fingerprint density at radius 3 is 0.609 bits per heavy atom. The van der Waals surface area contributed by atoms with Gasteiger partial charge in [0.1, 0.15) is 0 Å². The maximum absolute atomic E-state index is 4.48. The van der Waals surface area contributed by atoms with Gasteiger partial charge in [-0.25, -0.2) is 0 Å². The summed E-state index contributed by atoms with van der Waals surface area (Å²) in [5, 5.41) is 0. The number of hydrogen-bond acceptors (Lipinski definition) is 4. The molecular weight excluding hydrogens is 532 g/mol. The molecule has 0 aliphatic carbocycles. The van der Waals surface area contributed by atoms with Crippen molar-refractivity contribution in [3.8, 4) is 0 Å². The van der Waals surface area contributed by atoms with Gasteiger partial charge in [0, 0.05) is 0 Å². The second kappa shape index (κ2) is 16.0. The Hall–Kier alpha value is 1.75. The van der Waals surface area contributed by atoms with Crippen LogP contribution in [-0.4, -0.2) is 61.3 Å². The molecule has 0 saturated carbocycles. The summed E-state index contributed by atoms with van der Waals surface area (Å²) in [6.45, 7) is 28.4. The molecule has 0 atom stereocenters. The summed E-state index contributed by atoms with van der Waals surface area (Å²) in [6, 6.07) is 0. The SMILES string of the molecule is CC[N+](CC)(CC)CC.CC[N+](CC)(CC)CC.[S]=[W](=[S])([S-])[S-]. The van der Waals surface area contributed by atoms with Gasteiger partial charge in [0.15, 0.2) is 0 Å². The normalized spacial score (nSPS) is 11.9. The Labute approximate surface area is 165 Å². The third-order valence-electron chi connectivity index (χ3n) is 5.37. The van der Waals surface area contributed by atoms with Gasteiger partial charge in [0.05, 0.1) is 52.4 Å². The Kier molecular flexibility index (Phi) is 20.5. The van der Waals surface area contributed by atoms with Crippen LogP contribution in [0, 0.1) is 0 Å². The van der Waals surface area contributed by atoms with Crippen LogP contribution >= 0.6 is 19.6 Å². The molecule has 0 spiro atoms. The van der Waals surface area contributed by atoms with E-state index in [0.29, 0.717) is 0 Å². The summed E-state index contributed by atoms with van der Waals surface area (Å²) in [4.78, 5) is 0. The van der Waals surface area contributed by atoms with E-state index >= 15 is 0 Å². The van der Waals surface area contributed by atoms with Crippen molar-refractivity contribution in [2.75, 3.05) is 52.4 Å². The van der Waals surface area contributed by atoms with Crippen molar-refractivity contribution in [1.29, 1.82) is 0 Å². The van der Waals surface area contributed by atoms with Crippen LogP contribution in [-0.2, 0) is 30.5 Å². The Balaban J connectivity index is -0.000000273. The molecule has 0 saturated heterocycles. The molecule has 0 bridgehead atoms. The average molecular weight is 573 g/mol. The van der Waals surface area contributed by atoms with E-state index in [1.807, 2.05) is 0 Å². The van der Waals surface area contributed by atoms with Gasteiger partial charge < -0.3 is 8.97 Å². The third-order valence-corrected chi connectivity index (χ3v) is 5.37. The van der Waals surface area contributed by atoms with Crippen LogP contribution in [0.5, 0.6) is 0 Å². The van der Waals surface area contributed by atoms with Crippen molar-refractivity contribution in [3.05, 3.63) is 0 Å². The van der Waals surface area contributed by atoms with Gasteiger partial charge in [-0.3, -0.25) is 0 Å². The van der Waals surface area contributed by atoms with Gasteiger partial charge in [-0.05, 0) is 55.4 Å². The molecule has 0 aliphatic heterocycles. The van der Waals surface area contributed by atoms with Crippen molar-refractivity contribution >= 4 is 40.3 Å². The van der Waals surface area contributed by atoms with Gasteiger partial charge in [-0.1, -0.05) is 0 Å². The Bertz CT molecular complexity index is 288. The first-order valence-electron chi connectivity index (χ1n) is 8.85. The Morgan fingerprint density at radius 1 is 0.522 bits per heavy atom. The molecule has 0 aromatic carbocycles. The van der Waals surface area contributed by atoms with Gasteiger partial charge in [0.25, 0.3) is 0 Å². The molecule has 0 fully saturated rings. The van der Waals surface area contributed by atoms with E-state index in [1.54, 1.807) is 0 Å². The zero-order chi connectivity index (χ0) is 19.2. The molecule has 0 aliphatic rings. The minimum absolute atomic E-state index is 1.28. The molecule has 0 aromatic rings. The predicted octanol–water partition coefficient (Wildman–Crippen LogP) is 5.05. The molecule has 0 amide bonds. The van der Waals surface area contributed by atoms with E-state index in [4.69, 9.17) is 0 Å². The zero-order valence-electron chi connectivity index (χ0n) is 16.6. The molecule has 2 nitrogen and oxygen atoms in total. The van der Waals surface area contributed by atoms with Crippen molar-refractivity contribution in [2.24, 2.45) is 0 Å². The summed E-state index contributed by atoms with van der Waals surface area (Å²) in [6.07, 6.45) is 0. The maximum atomic E-state index is 4.48. The van der Waals surface area contributed by atoms with Crippen molar-refractivity contribution in [1.82, 2.24) is 0 Å². The predicted molar refractivity (Wildman–Crippen MR) is 115 cm³/mol. The minimum atomic E-state index is -2.83. The summed E-state index contributed by atoms with van der Waals surface area (Å²) < 4.78 is 2.56. The molecule has 0 rings (SSSR count). The summed E-state index contributed by atoms with van der Waals surface area (Å²) in [5.41, 5.74) is 0. The molecule has 23 heavy (non-hydrogen) atoms. The molecule has 144 valence electrons. The number of quaternary nitrogens is 2. The summed E-state index contributed by atoms with van der Waals surface area (Å²) >= 11 is 0. The van der Waals surface area contributed by atoms with E-state index in [0.717, 1.165) is 0 Å². The van der Waals surface area contributed by atoms with Gasteiger partial charge in [0.2, 0.25) is 0 Å². The van der Waals surface area contributed by atoms with Crippen LogP contribution in [0.1, 0.15) is 55.4 Å². The topological polar surface area (TPSA) is 0 Å². The number of rotatable bonds is 8. The fourth-order valence-corrected chi connectivity index (χ4v) is 2.68. The average Bonchev–Trinajstić information content (AvgIpc) is 2.52. The fourth-order valence-electron chi connectivity index (χ4n) is 2.68. The first kappa shape index (κ1) is 29.5. The second-order valence-corrected chi connectivity index (χ2v) is 35.3. The fraction of sp³-hybridized carbons (Fsp3) is 1.00. The van der Waals surface area contributed by atoms with Crippen LogP contribution in [0.25, 0.3) is 0 Å². The van der Waals surface area contributed by atoms with E-state index in [1.165, 1.54) is 61.3 Å². The number of nitrogens with zero attached hydrogens (tertiary/aromatic N) is 2. The molecule has 0 aromatic heterocycles. The zero-order valence-corrected chi connectivity index (χ0v) is 22.8. The standard InChI is InChI=1S/2C8H20N.4S.W/c2*1-5-9(6-2,7-3)8-4;;;;;/h2*5-8H2,1-4H3;;;;;/q2*+1;;;2*-1;. The Morgan fingerprint density at radius 2 is 0.609 bits per heavy atom. The van der Waals surface area contributed by atoms with Crippen LogP contribution in [0.3, 0.4) is 0 Å². The molecule has 0 unspecified atom stereocenters. The molecular formula is C16H40N2S4W. The molecule has 0 N–H and O–H groups in total.